The summed E-state index contributed by atoms with van der Waals surface area (Å²) in [5.74, 6) is 3.59. The molecule has 0 atom stereocenters. The standard InChI is InChI=1S/C12H13F2N3/c1-3-9-6(2)11(17-15)7-4-5-8(13)10(14)12(7)16-9/h4-5H,3,15H2,1-2H3,(H,16,17). The minimum Gasteiger partial charge on any atom is -0.323 e. The Morgan fingerprint density at radius 3 is 2.65 bits per heavy atom. The number of hydrazine groups is 1. The molecule has 5 heteroatoms. The van der Waals surface area contributed by atoms with Gasteiger partial charge >= 0.3 is 0 Å². The van der Waals surface area contributed by atoms with Crippen molar-refractivity contribution in [3.05, 3.63) is 35.0 Å². The summed E-state index contributed by atoms with van der Waals surface area (Å²) >= 11 is 0. The van der Waals surface area contributed by atoms with E-state index in [9.17, 15) is 8.78 Å². The molecular formula is C12H13F2N3. The van der Waals surface area contributed by atoms with E-state index >= 15 is 0 Å². The second-order valence-electron chi connectivity index (χ2n) is 3.81. The topological polar surface area (TPSA) is 50.9 Å². The van der Waals surface area contributed by atoms with E-state index in [0.717, 1.165) is 11.6 Å². The monoisotopic (exact) mass is 237 g/mol. The number of aryl methyl sites for hydroxylation is 1. The van der Waals surface area contributed by atoms with Crippen molar-refractivity contribution in [2.75, 3.05) is 5.43 Å². The maximum Gasteiger partial charge on any atom is 0.185 e. The average molecular weight is 237 g/mol. The Morgan fingerprint density at radius 1 is 1.35 bits per heavy atom. The minimum atomic E-state index is -0.936. The molecule has 0 amide bonds. The number of nitrogens with two attached hydrogens (primary N) is 1. The second kappa shape index (κ2) is 4.25. The Balaban J connectivity index is 2.92. The van der Waals surface area contributed by atoms with Gasteiger partial charge in [-0.25, -0.2) is 13.8 Å². The van der Waals surface area contributed by atoms with Crippen molar-refractivity contribution in [3.8, 4) is 0 Å². The maximum absolute atomic E-state index is 13.7. The van der Waals surface area contributed by atoms with E-state index in [0.29, 0.717) is 23.2 Å². The smallest absolute Gasteiger partial charge is 0.185 e. The summed E-state index contributed by atoms with van der Waals surface area (Å²) in [4.78, 5) is 4.15. The van der Waals surface area contributed by atoms with Crippen LogP contribution < -0.4 is 11.3 Å². The number of nitrogen functional groups attached to an aromatic ring is 1. The van der Waals surface area contributed by atoms with Crippen molar-refractivity contribution in [3.63, 3.8) is 0 Å². The summed E-state index contributed by atoms with van der Waals surface area (Å²) in [6, 6.07) is 2.55. The molecule has 0 fully saturated rings. The van der Waals surface area contributed by atoms with E-state index in [1.807, 2.05) is 13.8 Å². The molecule has 3 nitrogen and oxygen atoms in total. The minimum absolute atomic E-state index is 0.0143. The van der Waals surface area contributed by atoms with Crippen LogP contribution in [0, 0.1) is 18.6 Å². The first-order chi connectivity index (χ1) is 8.10. The highest BCUT2D eigenvalue weighted by Crippen LogP contribution is 2.29. The Bertz CT molecular complexity index is 582. The number of hydrogen-bond acceptors (Lipinski definition) is 3. The predicted octanol–water partition coefficient (Wildman–Crippen LogP) is 2.67. The van der Waals surface area contributed by atoms with Crippen LogP contribution in [0.2, 0.25) is 0 Å². The molecule has 0 bridgehead atoms. The third kappa shape index (κ3) is 1.72. The zero-order valence-corrected chi connectivity index (χ0v) is 9.64. The summed E-state index contributed by atoms with van der Waals surface area (Å²) < 4.78 is 26.8. The Morgan fingerprint density at radius 2 is 2.06 bits per heavy atom. The number of benzene rings is 1. The first-order valence-corrected chi connectivity index (χ1v) is 5.34. The molecule has 17 heavy (non-hydrogen) atoms. The van der Waals surface area contributed by atoms with Gasteiger partial charge in [0.2, 0.25) is 0 Å². The lowest BCUT2D eigenvalue weighted by Gasteiger charge is -2.13. The summed E-state index contributed by atoms with van der Waals surface area (Å²) in [5, 5.41) is 0.487. The predicted molar refractivity (Wildman–Crippen MR) is 63.6 cm³/mol. The summed E-state index contributed by atoms with van der Waals surface area (Å²) in [5.41, 5.74) is 4.69. The number of halogens is 2. The summed E-state index contributed by atoms with van der Waals surface area (Å²) in [7, 11) is 0. The van der Waals surface area contributed by atoms with Crippen molar-refractivity contribution < 1.29 is 8.78 Å². The van der Waals surface area contributed by atoms with Gasteiger partial charge in [0.05, 0.1) is 5.69 Å². The molecule has 0 saturated heterocycles. The van der Waals surface area contributed by atoms with Crippen LogP contribution >= 0.6 is 0 Å². The van der Waals surface area contributed by atoms with Gasteiger partial charge in [-0.1, -0.05) is 6.92 Å². The SMILES string of the molecule is CCc1nc2c(F)c(F)ccc2c(NN)c1C. The highest BCUT2D eigenvalue weighted by molar-refractivity contribution is 5.93. The molecule has 0 aliphatic rings. The number of nitrogens with zero attached hydrogens (tertiary/aromatic N) is 1. The fraction of sp³-hybridized carbons (Fsp3) is 0.250. The van der Waals surface area contributed by atoms with Gasteiger partial charge in [0.15, 0.2) is 11.6 Å². The molecular weight excluding hydrogens is 224 g/mol. The van der Waals surface area contributed by atoms with Crippen LogP contribution in [0.3, 0.4) is 0 Å². The van der Waals surface area contributed by atoms with Crippen molar-refractivity contribution in [1.29, 1.82) is 0 Å². The van der Waals surface area contributed by atoms with E-state index in [4.69, 9.17) is 5.84 Å². The van der Waals surface area contributed by atoms with E-state index in [2.05, 4.69) is 10.4 Å². The highest BCUT2D eigenvalue weighted by atomic mass is 19.2. The van der Waals surface area contributed by atoms with Gasteiger partial charge in [-0.2, -0.15) is 0 Å². The third-order valence-electron chi connectivity index (χ3n) is 2.87. The van der Waals surface area contributed by atoms with Gasteiger partial charge in [-0.15, -0.1) is 0 Å². The third-order valence-corrected chi connectivity index (χ3v) is 2.87. The molecule has 1 aromatic heterocycles. The molecule has 3 N–H and O–H groups in total. The Labute approximate surface area is 97.6 Å². The Kier molecular flexibility index (Phi) is 2.93. The number of fused-ring (bicyclic) bond motifs is 1. The molecule has 1 heterocycles. The van der Waals surface area contributed by atoms with E-state index in [-0.39, 0.29) is 5.52 Å². The van der Waals surface area contributed by atoms with Crippen LogP contribution in [0.4, 0.5) is 14.5 Å². The molecule has 0 aliphatic carbocycles. The fourth-order valence-corrected chi connectivity index (χ4v) is 1.95. The van der Waals surface area contributed by atoms with Gasteiger partial charge in [0.25, 0.3) is 0 Å². The van der Waals surface area contributed by atoms with Crippen LogP contribution in [-0.2, 0) is 6.42 Å². The van der Waals surface area contributed by atoms with Crippen LogP contribution in [0.25, 0.3) is 10.9 Å². The lowest BCUT2D eigenvalue weighted by Crippen LogP contribution is -2.11. The molecule has 0 unspecified atom stereocenters. The largest absolute Gasteiger partial charge is 0.323 e. The molecule has 2 rings (SSSR count). The van der Waals surface area contributed by atoms with Gasteiger partial charge in [-0.3, -0.25) is 5.84 Å². The van der Waals surface area contributed by atoms with Crippen molar-refractivity contribution in [1.82, 2.24) is 4.98 Å². The van der Waals surface area contributed by atoms with Crippen LogP contribution in [-0.4, -0.2) is 4.98 Å². The zero-order chi connectivity index (χ0) is 12.6. The van der Waals surface area contributed by atoms with Crippen molar-refractivity contribution in [2.24, 2.45) is 5.84 Å². The van der Waals surface area contributed by atoms with Crippen LogP contribution in [0.1, 0.15) is 18.2 Å². The molecule has 1 aromatic carbocycles. The normalized spacial score (nSPS) is 10.9. The van der Waals surface area contributed by atoms with Crippen LogP contribution in [0.15, 0.2) is 12.1 Å². The van der Waals surface area contributed by atoms with Crippen LogP contribution in [0.5, 0.6) is 0 Å². The molecule has 2 aromatic rings. The zero-order valence-electron chi connectivity index (χ0n) is 9.64. The highest BCUT2D eigenvalue weighted by Gasteiger charge is 2.15. The molecule has 0 spiro atoms. The van der Waals surface area contributed by atoms with E-state index in [1.165, 1.54) is 6.07 Å². The second-order valence-corrected chi connectivity index (χ2v) is 3.81. The quantitative estimate of drug-likeness (QED) is 0.623. The lowest BCUT2D eigenvalue weighted by atomic mass is 10.1. The van der Waals surface area contributed by atoms with Gasteiger partial charge in [0.1, 0.15) is 5.52 Å². The molecule has 0 radical (unpaired) electrons. The van der Waals surface area contributed by atoms with Gasteiger partial charge < -0.3 is 5.43 Å². The lowest BCUT2D eigenvalue weighted by molar-refractivity contribution is 0.515. The number of hydrogen-bond donors (Lipinski definition) is 2. The van der Waals surface area contributed by atoms with Crippen molar-refractivity contribution in [2.45, 2.75) is 20.3 Å². The van der Waals surface area contributed by atoms with Gasteiger partial charge in [-0.05, 0) is 31.0 Å². The number of pyridine rings is 1. The van der Waals surface area contributed by atoms with Gasteiger partial charge in [0, 0.05) is 11.1 Å². The first-order valence-electron chi connectivity index (χ1n) is 5.34. The molecule has 90 valence electrons. The number of rotatable bonds is 2. The van der Waals surface area contributed by atoms with E-state index in [1.54, 1.807) is 0 Å². The molecule has 0 aliphatic heterocycles. The summed E-state index contributed by atoms with van der Waals surface area (Å²) in [6.45, 7) is 3.75. The van der Waals surface area contributed by atoms with Crippen molar-refractivity contribution >= 4 is 16.6 Å². The summed E-state index contributed by atoms with van der Waals surface area (Å²) in [6.07, 6.45) is 0.631. The fourth-order valence-electron chi connectivity index (χ4n) is 1.95. The Hall–Kier alpha value is -1.75. The first kappa shape index (κ1) is 11.7. The number of anilines is 1. The number of nitrogens with one attached hydrogen (secondary N) is 1. The molecule has 0 saturated carbocycles. The number of aromatic nitrogens is 1. The van der Waals surface area contributed by atoms with E-state index < -0.39 is 11.6 Å². The average Bonchev–Trinajstić information content (AvgIpc) is 2.33. The maximum atomic E-state index is 13.7.